The number of nitrogens with one attached hydrogen (secondary N) is 1. The van der Waals surface area contributed by atoms with Gasteiger partial charge in [0, 0.05) is 19.6 Å². The molecule has 0 aromatic rings. The summed E-state index contributed by atoms with van der Waals surface area (Å²) in [6.07, 6.45) is 4.59. The lowest BCUT2D eigenvalue weighted by atomic mass is 9.77. The first-order valence-electron chi connectivity index (χ1n) is 7.83. The molecule has 3 heteroatoms. The van der Waals surface area contributed by atoms with Crippen LogP contribution in [-0.2, 0) is 4.79 Å². The van der Waals surface area contributed by atoms with Gasteiger partial charge in [-0.05, 0) is 50.5 Å². The number of rotatable bonds is 1. The van der Waals surface area contributed by atoms with E-state index in [1.54, 1.807) is 0 Å². The minimum atomic E-state index is -0.151. The Bertz CT molecular complexity index is 326. The topological polar surface area (TPSA) is 32.3 Å². The van der Waals surface area contributed by atoms with Crippen molar-refractivity contribution in [3.05, 3.63) is 0 Å². The normalized spacial score (nSPS) is 33.3. The molecule has 0 aromatic heterocycles. The molecule has 0 aliphatic carbocycles. The van der Waals surface area contributed by atoms with Crippen LogP contribution in [0.2, 0.25) is 0 Å². The van der Waals surface area contributed by atoms with Gasteiger partial charge in [-0.1, -0.05) is 20.8 Å². The third kappa shape index (κ3) is 3.31. The number of likely N-dealkylation sites (tertiary alicyclic amines) is 1. The quantitative estimate of drug-likeness (QED) is 0.791. The molecular weight excluding hydrogens is 236 g/mol. The maximum Gasteiger partial charge on any atom is 0.229 e. The van der Waals surface area contributed by atoms with Gasteiger partial charge in [-0.3, -0.25) is 4.79 Å². The molecule has 2 atom stereocenters. The highest BCUT2D eigenvalue weighted by molar-refractivity contribution is 5.83. The molecule has 2 rings (SSSR count). The highest BCUT2D eigenvalue weighted by atomic mass is 16.2. The molecule has 0 radical (unpaired) electrons. The Labute approximate surface area is 118 Å². The van der Waals surface area contributed by atoms with Crippen molar-refractivity contribution in [1.29, 1.82) is 0 Å². The molecule has 110 valence electrons. The Morgan fingerprint density at radius 1 is 1.26 bits per heavy atom. The molecule has 3 nitrogen and oxygen atoms in total. The summed E-state index contributed by atoms with van der Waals surface area (Å²) >= 11 is 0. The van der Waals surface area contributed by atoms with Gasteiger partial charge < -0.3 is 10.2 Å². The molecule has 2 fully saturated rings. The Hall–Kier alpha value is -0.570. The zero-order valence-electron chi connectivity index (χ0n) is 13.1. The van der Waals surface area contributed by atoms with E-state index in [1.807, 2.05) is 0 Å². The Kier molecular flexibility index (Phi) is 4.24. The van der Waals surface area contributed by atoms with Crippen LogP contribution in [0.15, 0.2) is 0 Å². The second kappa shape index (κ2) is 5.43. The summed E-state index contributed by atoms with van der Waals surface area (Å²) in [6, 6.07) is 0. The zero-order valence-corrected chi connectivity index (χ0v) is 13.1. The van der Waals surface area contributed by atoms with Gasteiger partial charge in [-0.2, -0.15) is 0 Å². The summed E-state index contributed by atoms with van der Waals surface area (Å²) in [5.74, 6) is 1.13. The predicted octanol–water partition coefficient (Wildman–Crippen LogP) is 2.66. The van der Waals surface area contributed by atoms with Crippen LogP contribution in [0, 0.1) is 16.7 Å². The van der Waals surface area contributed by atoms with Crippen LogP contribution in [0.3, 0.4) is 0 Å². The van der Waals surface area contributed by atoms with Gasteiger partial charge in [0.05, 0.1) is 5.41 Å². The number of nitrogens with zero attached hydrogens (tertiary/aromatic N) is 1. The number of carbonyl (C=O) groups excluding carboxylic acids is 1. The number of carbonyl (C=O) groups is 1. The maximum atomic E-state index is 12.7. The van der Waals surface area contributed by atoms with Crippen molar-refractivity contribution in [3.63, 3.8) is 0 Å². The molecule has 0 bridgehead atoms. The molecule has 0 spiro atoms. The van der Waals surface area contributed by atoms with Crippen molar-refractivity contribution in [2.24, 2.45) is 16.7 Å². The second-order valence-corrected chi connectivity index (χ2v) is 7.77. The standard InChI is InChI=1S/C16H30N2O/c1-15(2,3)13-6-5-10-18(11-7-13)14(19)16(4)8-9-17-12-16/h13,17H,5-12H2,1-4H3. The molecule has 0 aromatic carbocycles. The number of hydrogen-bond acceptors (Lipinski definition) is 2. The Balaban J connectivity index is 1.97. The van der Waals surface area contributed by atoms with Crippen molar-refractivity contribution in [1.82, 2.24) is 10.2 Å². The van der Waals surface area contributed by atoms with E-state index in [4.69, 9.17) is 0 Å². The average molecular weight is 266 g/mol. The summed E-state index contributed by atoms with van der Waals surface area (Å²) < 4.78 is 0. The van der Waals surface area contributed by atoms with E-state index >= 15 is 0 Å². The third-order valence-corrected chi connectivity index (χ3v) is 5.13. The van der Waals surface area contributed by atoms with Crippen molar-refractivity contribution >= 4 is 5.91 Å². The van der Waals surface area contributed by atoms with Crippen LogP contribution in [0.4, 0.5) is 0 Å². The highest BCUT2D eigenvalue weighted by Gasteiger charge is 2.40. The Morgan fingerprint density at radius 2 is 2.00 bits per heavy atom. The molecule has 2 aliphatic rings. The van der Waals surface area contributed by atoms with E-state index < -0.39 is 0 Å². The summed E-state index contributed by atoms with van der Waals surface area (Å²) in [7, 11) is 0. The summed E-state index contributed by atoms with van der Waals surface area (Å²) in [6.45, 7) is 12.9. The summed E-state index contributed by atoms with van der Waals surface area (Å²) in [4.78, 5) is 14.9. The van der Waals surface area contributed by atoms with Gasteiger partial charge in [-0.25, -0.2) is 0 Å². The van der Waals surface area contributed by atoms with Gasteiger partial charge >= 0.3 is 0 Å². The van der Waals surface area contributed by atoms with Crippen LogP contribution < -0.4 is 5.32 Å². The first-order valence-corrected chi connectivity index (χ1v) is 7.83. The van der Waals surface area contributed by atoms with Gasteiger partial charge in [0.2, 0.25) is 5.91 Å². The molecule has 2 heterocycles. The maximum absolute atomic E-state index is 12.7. The van der Waals surface area contributed by atoms with Gasteiger partial charge in [-0.15, -0.1) is 0 Å². The zero-order chi connectivity index (χ0) is 14.1. The molecule has 2 unspecified atom stereocenters. The van der Waals surface area contributed by atoms with Crippen LogP contribution >= 0.6 is 0 Å². The van der Waals surface area contributed by atoms with Gasteiger partial charge in [0.25, 0.3) is 0 Å². The van der Waals surface area contributed by atoms with Crippen molar-refractivity contribution in [2.75, 3.05) is 26.2 Å². The van der Waals surface area contributed by atoms with E-state index in [2.05, 4.69) is 37.9 Å². The largest absolute Gasteiger partial charge is 0.342 e. The van der Waals surface area contributed by atoms with Crippen molar-refractivity contribution in [3.8, 4) is 0 Å². The predicted molar refractivity (Wildman–Crippen MR) is 79.0 cm³/mol. The molecule has 2 saturated heterocycles. The average Bonchev–Trinajstić information content (AvgIpc) is 2.64. The molecular formula is C16H30N2O. The second-order valence-electron chi connectivity index (χ2n) is 7.77. The smallest absolute Gasteiger partial charge is 0.229 e. The fourth-order valence-electron chi connectivity index (χ4n) is 3.55. The summed E-state index contributed by atoms with van der Waals surface area (Å²) in [5, 5.41) is 3.33. The third-order valence-electron chi connectivity index (χ3n) is 5.13. The van der Waals surface area contributed by atoms with Crippen LogP contribution in [-0.4, -0.2) is 37.0 Å². The molecule has 19 heavy (non-hydrogen) atoms. The first kappa shape index (κ1) is 14.8. The van der Waals surface area contributed by atoms with E-state index in [0.29, 0.717) is 11.3 Å². The fraction of sp³-hybridized carbons (Fsp3) is 0.938. The lowest BCUT2D eigenvalue weighted by Gasteiger charge is -2.32. The van der Waals surface area contributed by atoms with E-state index in [-0.39, 0.29) is 5.41 Å². The van der Waals surface area contributed by atoms with Crippen molar-refractivity contribution in [2.45, 2.75) is 53.4 Å². The SMILES string of the molecule is CC1(C(=O)N2CCCC(C(C)(C)C)CC2)CCNC1. The fourth-order valence-corrected chi connectivity index (χ4v) is 3.55. The summed E-state index contributed by atoms with van der Waals surface area (Å²) in [5.41, 5.74) is 0.222. The highest BCUT2D eigenvalue weighted by Crippen LogP contribution is 2.35. The van der Waals surface area contributed by atoms with Gasteiger partial charge in [0.15, 0.2) is 0 Å². The molecule has 1 amide bonds. The lowest BCUT2D eigenvalue weighted by Crippen LogP contribution is -2.44. The minimum absolute atomic E-state index is 0.151. The minimum Gasteiger partial charge on any atom is -0.342 e. The molecule has 2 aliphatic heterocycles. The molecule has 1 N–H and O–H groups in total. The number of hydrogen-bond donors (Lipinski definition) is 1. The lowest BCUT2D eigenvalue weighted by molar-refractivity contribution is -0.140. The first-order chi connectivity index (χ1) is 8.83. The van der Waals surface area contributed by atoms with Crippen molar-refractivity contribution < 1.29 is 4.79 Å². The van der Waals surface area contributed by atoms with E-state index in [1.165, 1.54) is 12.8 Å². The van der Waals surface area contributed by atoms with E-state index in [9.17, 15) is 4.79 Å². The van der Waals surface area contributed by atoms with Gasteiger partial charge in [0.1, 0.15) is 0 Å². The Morgan fingerprint density at radius 3 is 2.58 bits per heavy atom. The van der Waals surface area contributed by atoms with Crippen LogP contribution in [0.1, 0.15) is 53.4 Å². The van der Waals surface area contributed by atoms with E-state index in [0.717, 1.165) is 44.9 Å². The molecule has 0 saturated carbocycles. The monoisotopic (exact) mass is 266 g/mol. The van der Waals surface area contributed by atoms with Crippen LogP contribution in [0.5, 0.6) is 0 Å². The number of amides is 1. The van der Waals surface area contributed by atoms with Crippen LogP contribution in [0.25, 0.3) is 0 Å².